The molecule has 3 heterocycles. The molecule has 1 aromatic carbocycles. The van der Waals surface area contributed by atoms with Crippen LogP contribution in [0.5, 0.6) is 5.75 Å². The maximum atomic E-state index is 13.3. The van der Waals surface area contributed by atoms with Crippen molar-refractivity contribution in [2.45, 2.75) is 44.4 Å². The van der Waals surface area contributed by atoms with Gasteiger partial charge < -0.3 is 9.64 Å². The molecule has 3 aromatic rings. The summed E-state index contributed by atoms with van der Waals surface area (Å²) in [5.41, 5.74) is 6.06. The highest BCUT2D eigenvalue weighted by Crippen LogP contribution is 2.39. The minimum Gasteiger partial charge on any atom is -0.497 e. The van der Waals surface area contributed by atoms with Gasteiger partial charge in [-0.25, -0.2) is 0 Å². The molecular formula is C26H30N4O2. The second-order valence-electron chi connectivity index (χ2n) is 9.10. The Morgan fingerprint density at radius 3 is 2.66 bits per heavy atom. The number of methoxy groups -OCH3 is 1. The minimum atomic E-state index is 0.0808. The van der Waals surface area contributed by atoms with Crippen LogP contribution in [0, 0.1) is 6.92 Å². The first-order valence-electron chi connectivity index (χ1n) is 11.5. The molecule has 2 fully saturated rings. The van der Waals surface area contributed by atoms with E-state index < -0.39 is 0 Å². The van der Waals surface area contributed by atoms with Gasteiger partial charge in [0, 0.05) is 43.4 Å². The standard InChI is InChI=1S/C26H30N4O2/c1-17-12-21(19-6-4-8-22(13-19)32-3)14-23(27-17)20-7-5-11-30(16-20)26(31)25-15-24(18-9-10-18)28-29(25)2/h4,6,8,12-15,18,20H,5,7,9-11,16H2,1-3H3. The van der Waals surface area contributed by atoms with E-state index >= 15 is 0 Å². The van der Waals surface area contributed by atoms with Crippen LogP contribution in [-0.2, 0) is 7.05 Å². The fourth-order valence-electron chi connectivity index (χ4n) is 4.71. The largest absolute Gasteiger partial charge is 0.497 e. The number of aromatic nitrogens is 3. The normalized spacial score (nSPS) is 18.6. The Bertz CT molecular complexity index is 1150. The third-order valence-corrected chi connectivity index (χ3v) is 6.62. The first-order chi connectivity index (χ1) is 15.5. The van der Waals surface area contributed by atoms with E-state index in [0.717, 1.165) is 53.3 Å². The first-order valence-corrected chi connectivity index (χ1v) is 11.5. The summed E-state index contributed by atoms with van der Waals surface area (Å²) in [5, 5.41) is 4.58. The molecule has 1 amide bonds. The van der Waals surface area contributed by atoms with Crippen molar-refractivity contribution >= 4 is 5.91 Å². The molecule has 6 heteroatoms. The summed E-state index contributed by atoms with van der Waals surface area (Å²) in [6, 6.07) is 14.4. The van der Waals surface area contributed by atoms with Crippen LogP contribution < -0.4 is 4.74 Å². The number of piperidine rings is 1. The summed E-state index contributed by atoms with van der Waals surface area (Å²) in [6.45, 7) is 3.51. The maximum absolute atomic E-state index is 13.3. The number of rotatable bonds is 5. The number of amides is 1. The lowest BCUT2D eigenvalue weighted by Crippen LogP contribution is -2.40. The molecule has 1 aliphatic carbocycles. The zero-order chi connectivity index (χ0) is 22.2. The molecule has 0 bridgehead atoms. The monoisotopic (exact) mass is 430 g/mol. The highest BCUT2D eigenvalue weighted by atomic mass is 16.5. The van der Waals surface area contributed by atoms with Crippen LogP contribution in [0.2, 0.25) is 0 Å². The Balaban J connectivity index is 1.38. The SMILES string of the molecule is COc1cccc(-c2cc(C)nc(C3CCCN(C(=O)c4cc(C5CC5)nn4C)C3)c2)c1. The van der Waals surface area contributed by atoms with Crippen molar-refractivity contribution in [2.24, 2.45) is 7.05 Å². The van der Waals surface area contributed by atoms with Crippen molar-refractivity contribution in [2.75, 3.05) is 20.2 Å². The Labute approximate surface area is 189 Å². The van der Waals surface area contributed by atoms with Crippen molar-refractivity contribution in [3.8, 4) is 16.9 Å². The van der Waals surface area contributed by atoms with Crippen molar-refractivity contribution in [3.05, 3.63) is 65.2 Å². The number of pyridine rings is 1. The van der Waals surface area contributed by atoms with E-state index in [1.54, 1.807) is 11.8 Å². The van der Waals surface area contributed by atoms with Gasteiger partial charge in [0.25, 0.3) is 5.91 Å². The molecule has 1 saturated heterocycles. The van der Waals surface area contributed by atoms with E-state index in [1.165, 1.54) is 12.8 Å². The number of aryl methyl sites for hydroxylation is 2. The topological polar surface area (TPSA) is 60.2 Å². The predicted octanol–water partition coefficient (Wildman–Crippen LogP) is 4.70. The highest BCUT2D eigenvalue weighted by molar-refractivity contribution is 5.93. The molecule has 0 N–H and O–H groups in total. The zero-order valence-electron chi connectivity index (χ0n) is 19.0. The molecule has 2 aliphatic rings. The summed E-state index contributed by atoms with van der Waals surface area (Å²) in [6.07, 6.45) is 4.39. The number of carbonyl (C=O) groups is 1. The second-order valence-corrected chi connectivity index (χ2v) is 9.10. The van der Waals surface area contributed by atoms with Gasteiger partial charge in [0.2, 0.25) is 0 Å². The number of hydrogen-bond acceptors (Lipinski definition) is 4. The van der Waals surface area contributed by atoms with Crippen LogP contribution >= 0.6 is 0 Å². The molecule has 1 aliphatic heterocycles. The molecule has 6 nitrogen and oxygen atoms in total. The quantitative estimate of drug-likeness (QED) is 0.589. The molecule has 1 unspecified atom stereocenters. The number of hydrogen-bond donors (Lipinski definition) is 0. The van der Waals surface area contributed by atoms with Crippen molar-refractivity contribution in [1.82, 2.24) is 19.7 Å². The summed E-state index contributed by atoms with van der Waals surface area (Å²) in [4.78, 5) is 20.2. The maximum Gasteiger partial charge on any atom is 0.272 e. The number of ether oxygens (including phenoxy) is 1. The average Bonchev–Trinajstić information content (AvgIpc) is 3.60. The third-order valence-electron chi connectivity index (χ3n) is 6.62. The fraction of sp³-hybridized carbons (Fsp3) is 0.423. The van der Waals surface area contributed by atoms with Crippen molar-refractivity contribution in [3.63, 3.8) is 0 Å². The molecule has 32 heavy (non-hydrogen) atoms. The lowest BCUT2D eigenvalue weighted by atomic mass is 9.92. The first kappa shape index (κ1) is 20.7. The smallest absolute Gasteiger partial charge is 0.272 e. The molecule has 2 aromatic heterocycles. The van der Waals surface area contributed by atoms with Gasteiger partial charge >= 0.3 is 0 Å². The van der Waals surface area contributed by atoms with E-state index in [9.17, 15) is 4.79 Å². The Morgan fingerprint density at radius 1 is 1.03 bits per heavy atom. The van der Waals surface area contributed by atoms with E-state index in [2.05, 4.69) is 29.4 Å². The number of benzene rings is 1. The molecule has 0 radical (unpaired) electrons. The van der Waals surface area contributed by atoms with Crippen LogP contribution in [0.15, 0.2) is 42.5 Å². The number of carbonyl (C=O) groups excluding carboxylic acids is 1. The van der Waals surface area contributed by atoms with Crippen LogP contribution in [0.25, 0.3) is 11.1 Å². The lowest BCUT2D eigenvalue weighted by molar-refractivity contribution is 0.0694. The van der Waals surface area contributed by atoms with Gasteiger partial charge in [0.15, 0.2) is 0 Å². The molecule has 166 valence electrons. The van der Waals surface area contributed by atoms with Gasteiger partial charge in [0.1, 0.15) is 11.4 Å². The molecule has 1 atom stereocenters. The van der Waals surface area contributed by atoms with Gasteiger partial charge in [-0.05, 0) is 74.1 Å². The van der Waals surface area contributed by atoms with Crippen molar-refractivity contribution in [1.29, 1.82) is 0 Å². The van der Waals surface area contributed by atoms with Crippen LogP contribution in [0.3, 0.4) is 0 Å². The van der Waals surface area contributed by atoms with E-state index in [1.807, 2.05) is 37.1 Å². The summed E-state index contributed by atoms with van der Waals surface area (Å²) < 4.78 is 7.15. The van der Waals surface area contributed by atoms with Crippen LogP contribution in [0.1, 0.15) is 65.1 Å². The van der Waals surface area contributed by atoms with Gasteiger partial charge in [-0.15, -0.1) is 0 Å². The number of nitrogens with zero attached hydrogens (tertiary/aromatic N) is 4. The Kier molecular flexibility index (Phi) is 5.45. The predicted molar refractivity (Wildman–Crippen MR) is 124 cm³/mol. The van der Waals surface area contributed by atoms with Crippen LogP contribution in [0.4, 0.5) is 0 Å². The zero-order valence-corrected chi connectivity index (χ0v) is 19.0. The van der Waals surface area contributed by atoms with Crippen molar-refractivity contribution < 1.29 is 9.53 Å². The Morgan fingerprint density at radius 2 is 1.88 bits per heavy atom. The third kappa shape index (κ3) is 4.14. The van der Waals surface area contributed by atoms with E-state index in [4.69, 9.17) is 9.72 Å². The molecular weight excluding hydrogens is 400 g/mol. The van der Waals surface area contributed by atoms with E-state index in [0.29, 0.717) is 18.2 Å². The highest BCUT2D eigenvalue weighted by Gasteiger charge is 2.31. The second kappa shape index (κ2) is 8.41. The minimum absolute atomic E-state index is 0.0808. The Hall–Kier alpha value is -3.15. The lowest BCUT2D eigenvalue weighted by Gasteiger charge is -2.32. The van der Waals surface area contributed by atoms with Gasteiger partial charge in [0.05, 0.1) is 12.8 Å². The fourth-order valence-corrected chi connectivity index (χ4v) is 4.71. The average molecular weight is 431 g/mol. The summed E-state index contributed by atoms with van der Waals surface area (Å²) in [5.74, 6) is 1.70. The molecule has 0 spiro atoms. The molecule has 1 saturated carbocycles. The van der Waals surface area contributed by atoms with Crippen LogP contribution in [-0.4, -0.2) is 45.8 Å². The number of likely N-dealkylation sites (tertiary alicyclic amines) is 1. The summed E-state index contributed by atoms with van der Waals surface area (Å²) >= 11 is 0. The molecule has 5 rings (SSSR count). The summed E-state index contributed by atoms with van der Waals surface area (Å²) in [7, 11) is 3.56. The van der Waals surface area contributed by atoms with E-state index in [-0.39, 0.29) is 11.8 Å². The van der Waals surface area contributed by atoms with Gasteiger partial charge in [-0.2, -0.15) is 5.10 Å². The van der Waals surface area contributed by atoms with Gasteiger partial charge in [-0.1, -0.05) is 12.1 Å². The van der Waals surface area contributed by atoms with Gasteiger partial charge in [-0.3, -0.25) is 14.5 Å².